The molecule has 1 N–H and O–H groups in total. The summed E-state index contributed by atoms with van der Waals surface area (Å²) in [5.74, 6) is 1.80. The number of H-pyrrole nitrogens is 1. The van der Waals surface area contributed by atoms with Crippen molar-refractivity contribution in [2.75, 3.05) is 13.2 Å². The van der Waals surface area contributed by atoms with Crippen LogP contribution in [0.2, 0.25) is 0 Å². The topological polar surface area (TPSA) is 77.1 Å². The largest absolute Gasteiger partial charge is 0.494 e. The Morgan fingerprint density at radius 1 is 1.13 bits per heavy atom. The number of thiophene rings is 1. The Bertz CT molecular complexity index is 1220. The van der Waals surface area contributed by atoms with E-state index in [1.165, 1.54) is 0 Å². The van der Waals surface area contributed by atoms with E-state index < -0.39 is 0 Å². The fraction of sp³-hybridized carbons (Fsp3) is 0.261. The smallest absolute Gasteiger partial charge is 0.223 e. The van der Waals surface area contributed by atoms with E-state index in [2.05, 4.69) is 32.5 Å². The predicted molar refractivity (Wildman–Crippen MR) is 126 cm³/mol. The van der Waals surface area contributed by atoms with E-state index in [0.717, 1.165) is 44.2 Å². The molecule has 31 heavy (non-hydrogen) atoms. The maximum absolute atomic E-state index is 12.3. The molecule has 0 saturated heterocycles. The van der Waals surface area contributed by atoms with Crippen LogP contribution in [0.3, 0.4) is 0 Å². The highest BCUT2D eigenvalue weighted by molar-refractivity contribution is 7.98. The minimum Gasteiger partial charge on any atom is -0.494 e. The zero-order valence-corrected chi connectivity index (χ0v) is 19.0. The Morgan fingerprint density at radius 2 is 1.97 bits per heavy atom. The minimum atomic E-state index is -0.110. The first kappa shape index (κ1) is 21.4. The molecule has 3 aromatic heterocycles. The number of hydrogen-bond acceptors (Lipinski definition) is 7. The number of benzene rings is 1. The average Bonchev–Trinajstić information content (AvgIpc) is 3.23. The van der Waals surface area contributed by atoms with E-state index in [0.29, 0.717) is 24.7 Å². The fourth-order valence-corrected chi connectivity index (χ4v) is 5.03. The molecule has 4 rings (SSSR count). The van der Waals surface area contributed by atoms with Crippen LogP contribution >= 0.6 is 23.1 Å². The maximum atomic E-state index is 12.3. The van der Waals surface area contributed by atoms with Crippen molar-refractivity contribution in [1.29, 1.82) is 0 Å². The minimum absolute atomic E-state index is 0.110. The van der Waals surface area contributed by atoms with Gasteiger partial charge in [-0.3, -0.25) is 4.79 Å². The quantitative estimate of drug-likeness (QED) is 0.265. The van der Waals surface area contributed by atoms with Crippen LogP contribution in [0.5, 0.6) is 11.5 Å². The lowest BCUT2D eigenvalue weighted by molar-refractivity contribution is 0.313. The van der Waals surface area contributed by atoms with Crippen LogP contribution in [0, 0.1) is 0 Å². The standard InChI is InChI=1S/C23H23N3O3S2/c1-3-9-29-20-11-24-16(10-19(20)27)12-30-22-21-18(13-31-23(21)26-14-25-22)15-5-7-17(8-6-15)28-4-2/h5-8,10-11,13-14H,3-4,9,12H2,1-2H3,(H,24,27). The summed E-state index contributed by atoms with van der Waals surface area (Å²) in [7, 11) is 0. The predicted octanol–water partition coefficient (Wildman–Crippen LogP) is 5.53. The molecule has 3 heterocycles. The van der Waals surface area contributed by atoms with Gasteiger partial charge in [0.1, 0.15) is 21.9 Å². The van der Waals surface area contributed by atoms with E-state index in [4.69, 9.17) is 9.47 Å². The number of aromatic amines is 1. The highest BCUT2D eigenvalue weighted by Gasteiger charge is 2.14. The summed E-state index contributed by atoms with van der Waals surface area (Å²) in [6.45, 7) is 5.15. The second kappa shape index (κ2) is 9.98. The van der Waals surface area contributed by atoms with Crippen molar-refractivity contribution in [2.24, 2.45) is 0 Å². The number of thioether (sulfide) groups is 1. The molecule has 160 valence electrons. The normalized spacial score (nSPS) is 11.0. The summed E-state index contributed by atoms with van der Waals surface area (Å²) in [5.41, 5.74) is 2.91. The number of nitrogens with zero attached hydrogens (tertiary/aromatic N) is 2. The van der Waals surface area contributed by atoms with Gasteiger partial charge in [0, 0.05) is 34.7 Å². The Hall–Kier alpha value is -2.84. The van der Waals surface area contributed by atoms with Gasteiger partial charge in [0.15, 0.2) is 5.75 Å². The number of nitrogens with one attached hydrogen (secondary N) is 1. The lowest BCUT2D eigenvalue weighted by Crippen LogP contribution is -2.09. The molecule has 0 atom stereocenters. The second-order valence-electron chi connectivity index (χ2n) is 6.79. The van der Waals surface area contributed by atoms with Crippen molar-refractivity contribution < 1.29 is 9.47 Å². The third-order valence-corrected chi connectivity index (χ3v) is 6.50. The lowest BCUT2D eigenvalue weighted by Gasteiger charge is -2.08. The Balaban J connectivity index is 1.58. The summed E-state index contributed by atoms with van der Waals surface area (Å²) < 4.78 is 11.0. The molecule has 0 spiro atoms. The van der Waals surface area contributed by atoms with Crippen molar-refractivity contribution >= 4 is 33.3 Å². The van der Waals surface area contributed by atoms with Gasteiger partial charge < -0.3 is 14.5 Å². The van der Waals surface area contributed by atoms with E-state index in [-0.39, 0.29) is 5.43 Å². The Labute approximate surface area is 188 Å². The summed E-state index contributed by atoms with van der Waals surface area (Å²) in [4.78, 5) is 25.3. The summed E-state index contributed by atoms with van der Waals surface area (Å²) in [6, 6.07) is 9.66. The zero-order valence-electron chi connectivity index (χ0n) is 17.4. The van der Waals surface area contributed by atoms with Gasteiger partial charge in [-0.1, -0.05) is 30.8 Å². The number of hydrogen-bond donors (Lipinski definition) is 1. The molecule has 0 aliphatic rings. The van der Waals surface area contributed by atoms with Crippen molar-refractivity contribution in [3.05, 3.63) is 64.2 Å². The number of aromatic nitrogens is 3. The van der Waals surface area contributed by atoms with Crippen LogP contribution in [0.1, 0.15) is 26.0 Å². The number of rotatable bonds is 9. The summed E-state index contributed by atoms with van der Waals surface area (Å²) in [5, 5.41) is 4.04. The van der Waals surface area contributed by atoms with Crippen molar-refractivity contribution in [3.8, 4) is 22.6 Å². The third-order valence-electron chi connectivity index (χ3n) is 4.57. The van der Waals surface area contributed by atoms with Crippen LogP contribution in [-0.2, 0) is 5.75 Å². The SMILES string of the molecule is CCCOc1c[nH]c(CSc2ncnc3scc(-c4ccc(OCC)cc4)c23)cc1=O. The molecule has 8 heteroatoms. The van der Waals surface area contributed by atoms with Crippen LogP contribution in [-0.4, -0.2) is 28.2 Å². The van der Waals surface area contributed by atoms with Gasteiger partial charge in [0.2, 0.25) is 5.43 Å². The summed E-state index contributed by atoms with van der Waals surface area (Å²) >= 11 is 3.18. The monoisotopic (exact) mass is 453 g/mol. The lowest BCUT2D eigenvalue weighted by atomic mass is 10.1. The zero-order chi connectivity index (χ0) is 21.6. The molecule has 6 nitrogen and oxygen atoms in total. The molecule has 4 aromatic rings. The number of pyridine rings is 1. The second-order valence-corrected chi connectivity index (χ2v) is 8.61. The molecule has 0 aliphatic heterocycles. The molecule has 0 fully saturated rings. The first-order valence-electron chi connectivity index (χ1n) is 10.1. The Kier molecular flexibility index (Phi) is 6.89. The van der Waals surface area contributed by atoms with Gasteiger partial charge in [-0.15, -0.1) is 11.3 Å². The van der Waals surface area contributed by atoms with E-state index in [1.807, 2.05) is 26.0 Å². The molecule has 1 aromatic carbocycles. The summed E-state index contributed by atoms with van der Waals surface area (Å²) in [6.07, 6.45) is 4.09. The van der Waals surface area contributed by atoms with Gasteiger partial charge in [-0.05, 0) is 31.0 Å². The molecular formula is C23H23N3O3S2. The van der Waals surface area contributed by atoms with Gasteiger partial charge in [0.05, 0.1) is 18.6 Å². The van der Waals surface area contributed by atoms with Gasteiger partial charge in [0.25, 0.3) is 0 Å². The fourth-order valence-electron chi connectivity index (χ4n) is 3.12. The molecule has 0 unspecified atom stereocenters. The van der Waals surface area contributed by atoms with E-state index in [1.54, 1.807) is 41.7 Å². The molecule has 0 saturated carbocycles. The number of ether oxygens (including phenoxy) is 2. The van der Waals surface area contributed by atoms with Crippen molar-refractivity contribution in [1.82, 2.24) is 15.0 Å². The third kappa shape index (κ3) is 4.91. The van der Waals surface area contributed by atoms with Crippen molar-refractivity contribution in [2.45, 2.75) is 31.0 Å². The first-order valence-corrected chi connectivity index (χ1v) is 12.0. The molecule has 0 aliphatic carbocycles. The Morgan fingerprint density at radius 3 is 2.71 bits per heavy atom. The van der Waals surface area contributed by atoms with Crippen LogP contribution in [0.4, 0.5) is 0 Å². The highest BCUT2D eigenvalue weighted by Crippen LogP contribution is 2.38. The van der Waals surface area contributed by atoms with Crippen LogP contribution in [0.15, 0.2) is 58.1 Å². The molecule has 0 amide bonds. The average molecular weight is 454 g/mol. The molecular weight excluding hydrogens is 430 g/mol. The van der Waals surface area contributed by atoms with Crippen LogP contribution in [0.25, 0.3) is 21.3 Å². The van der Waals surface area contributed by atoms with Gasteiger partial charge in [-0.2, -0.15) is 0 Å². The van der Waals surface area contributed by atoms with Gasteiger partial charge in [-0.25, -0.2) is 9.97 Å². The van der Waals surface area contributed by atoms with Crippen LogP contribution < -0.4 is 14.9 Å². The first-order chi connectivity index (χ1) is 15.2. The highest BCUT2D eigenvalue weighted by atomic mass is 32.2. The molecule has 0 bridgehead atoms. The van der Waals surface area contributed by atoms with E-state index >= 15 is 0 Å². The molecule has 0 radical (unpaired) electrons. The maximum Gasteiger partial charge on any atom is 0.223 e. The number of fused-ring (bicyclic) bond motifs is 1. The van der Waals surface area contributed by atoms with Crippen molar-refractivity contribution in [3.63, 3.8) is 0 Å². The van der Waals surface area contributed by atoms with Gasteiger partial charge >= 0.3 is 0 Å². The van der Waals surface area contributed by atoms with E-state index in [9.17, 15) is 4.79 Å².